The van der Waals surface area contributed by atoms with Crippen molar-refractivity contribution in [1.82, 2.24) is 4.90 Å². The molecule has 3 rings (SSSR count). The molecule has 2 bridgehead atoms. The summed E-state index contributed by atoms with van der Waals surface area (Å²) in [5.74, 6) is 0. The highest BCUT2D eigenvalue weighted by molar-refractivity contribution is 7.12. The van der Waals surface area contributed by atoms with Gasteiger partial charge in [-0.05, 0) is 38.4 Å². The maximum atomic E-state index is 12.8. The molecule has 21 heavy (non-hydrogen) atoms. The van der Waals surface area contributed by atoms with Crippen molar-refractivity contribution in [2.45, 2.75) is 50.9 Å². The Balaban J connectivity index is 1.70. The summed E-state index contributed by atoms with van der Waals surface area (Å²) in [7, 11) is 1.92. The van der Waals surface area contributed by atoms with Gasteiger partial charge in [0.25, 0.3) is 0 Å². The van der Waals surface area contributed by atoms with Crippen LogP contribution in [-0.2, 0) is 22.2 Å². The third-order valence-corrected chi connectivity index (χ3v) is 5.40. The molecule has 7 heteroatoms. The molecule has 0 aromatic carbocycles. The molecule has 2 aliphatic heterocycles. The molecule has 0 unspecified atom stereocenters. The molecule has 1 aromatic rings. The van der Waals surface area contributed by atoms with E-state index in [4.69, 9.17) is 9.47 Å². The number of aryl methyl sites for hydroxylation is 1. The summed E-state index contributed by atoms with van der Waals surface area (Å²) in [6.07, 6.45) is -2.40. The number of ether oxygens (including phenoxy) is 2. The van der Waals surface area contributed by atoms with Crippen molar-refractivity contribution in [3.8, 4) is 0 Å². The van der Waals surface area contributed by atoms with Crippen molar-refractivity contribution >= 4 is 11.3 Å². The third kappa shape index (κ3) is 3.11. The van der Waals surface area contributed by atoms with E-state index in [1.54, 1.807) is 6.92 Å². The standard InChI is InChI=1S/C14H18F3NO2S/c1-8-5-12(14(15,16)17)21-11(8)6-18(2)10-4-3-9-7-19-13(10)20-9/h5,9-10,13H,3-4,6-7H2,1-2H3/t9-,10+,13+/m0/s1. The average Bonchev–Trinajstić information content (AvgIpc) is 2.94. The van der Waals surface area contributed by atoms with Crippen LogP contribution in [0.3, 0.4) is 0 Å². The lowest BCUT2D eigenvalue weighted by molar-refractivity contribution is -0.134. The van der Waals surface area contributed by atoms with Crippen LogP contribution >= 0.6 is 11.3 Å². The molecule has 3 heterocycles. The summed E-state index contributed by atoms with van der Waals surface area (Å²) >= 11 is 0.830. The summed E-state index contributed by atoms with van der Waals surface area (Å²) in [4.78, 5) is 2.27. The quantitative estimate of drug-likeness (QED) is 0.851. The molecule has 0 saturated carbocycles. The molecule has 1 aromatic heterocycles. The molecule has 2 aliphatic rings. The highest BCUT2D eigenvalue weighted by Crippen LogP contribution is 2.38. The first-order valence-corrected chi connectivity index (χ1v) is 7.80. The molecule has 0 amide bonds. The first kappa shape index (κ1) is 15.3. The van der Waals surface area contributed by atoms with Crippen LogP contribution in [0.25, 0.3) is 0 Å². The smallest absolute Gasteiger partial charge is 0.348 e. The van der Waals surface area contributed by atoms with Crippen LogP contribution in [-0.4, -0.2) is 37.0 Å². The molecule has 3 atom stereocenters. The minimum absolute atomic E-state index is 0.111. The fourth-order valence-corrected chi connectivity index (χ4v) is 4.01. The van der Waals surface area contributed by atoms with Crippen LogP contribution in [0.4, 0.5) is 13.2 Å². The van der Waals surface area contributed by atoms with Crippen molar-refractivity contribution in [3.63, 3.8) is 0 Å². The van der Waals surface area contributed by atoms with Gasteiger partial charge in [0.1, 0.15) is 4.88 Å². The fourth-order valence-electron chi connectivity index (χ4n) is 2.90. The first-order chi connectivity index (χ1) is 9.84. The van der Waals surface area contributed by atoms with Crippen molar-refractivity contribution in [2.75, 3.05) is 13.7 Å². The van der Waals surface area contributed by atoms with Crippen LogP contribution in [0.5, 0.6) is 0 Å². The number of thiophene rings is 1. The van der Waals surface area contributed by atoms with Gasteiger partial charge in [0.05, 0.1) is 18.8 Å². The van der Waals surface area contributed by atoms with E-state index in [0.29, 0.717) is 18.7 Å². The van der Waals surface area contributed by atoms with Gasteiger partial charge in [0.15, 0.2) is 6.29 Å². The molecule has 0 aliphatic carbocycles. The Bertz CT molecular complexity index is 517. The zero-order chi connectivity index (χ0) is 15.2. The van der Waals surface area contributed by atoms with E-state index in [0.717, 1.165) is 29.1 Å². The Morgan fingerprint density at radius 1 is 1.38 bits per heavy atom. The van der Waals surface area contributed by atoms with Gasteiger partial charge in [0.2, 0.25) is 0 Å². The normalized spacial score (nSPS) is 29.3. The Morgan fingerprint density at radius 3 is 2.81 bits per heavy atom. The number of hydrogen-bond acceptors (Lipinski definition) is 4. The molecule has 2 fully saturated rings. The van der Waals surface area contributed by atoms with E-state index in [9.17, 15) is 13.2 Å². The van der Waals surface area contributed by atoms with Crippen molar-refractivity contribution in [1.29, 1.82) is 0 Å². The zero-order valence-electron chi connectivity index (χ0n) is 11.9. The number of hydrogen-bond donors (Lipinski definition) is 0. The third-order valence-electron chi connectivity index (χ3n) is 4.13. The van der Waals surface area contributed by atoms with Gasteiger partial charge in [-0.1, -0.05) is 0 Å². The van der Waals surface area contributed by atoms with Gasteiger partial charge in [-0.3, -0.25) is 4.90 Å². The number of alkyl halides is 3. The number of halogens is 3. The monoisotopic (exact) mass is 321 g/mol. The van der Waals surface area contributed by atoms with Crippen LogP contribution in [0.15, 0.2) is 6.07 Å². The Hall–Kier alpha value is -0.630. The zero-order valence-corrected chi connectivity index (χ0v) is 12.8. The number of nitrogens with zero attached hydrogens (tertiary/aromatic N) is 1. The Morgan fingerprint density at radius 2 is 2.14 bits per heavy atom. The van der Waals surface area contributed by atoms with Crippen molar-refractivity contribution in [2.24, 2.45) is 0 Å². The maximum Gasteiger partial charge on any atom is 0.425 e. The molecular weight excluding hydrogens is 303 g/mol. The maximum absolute atomic E-state index is 12.8. The largest absolute Gasteiger partial charge is 0.425 e. The molecule has 3 nitrogen and oxygen atoms in total. The average molecular weight is 321 g/mol. The van der Waals surface area contributed by atoms with Gasteiger partial charge in [-0.15, -0.1) is 11.3 Å². The number of likely N-dealkylation sites (N-methyl/N-ethyl adjacent to an activating group) is 1. The summed E-state index contributed by atoms with van der Waals surface area (Å²) in [5, 5.41) is 0. The molecule has 2 saturated heterocycles. The minimum atomic E-state index is -4.26. The first-order valence-electron chi connectivity index (χ1n) is 6.98. The second kappa shape index (κ2) is 5.53. The van der Waals surface area contributed by atoms with E-state index in [1.807, 2.05) is 11.9 Å². The second-order valence-electron chi connectivity index (χ2n) is 5.73. The summed E-state index contributed by atoms with van der Waals surface area (Å²) in [6, 6.07) is 1.34. The minimum Gasteiger partial charge on any atom is -0.348 e. The highest BCUT2D eigenvalue weighted by atomic mass is 32.1. The van der Waals surface area contributed by atoms with Gasteiger partial charge < -0.3 is 9.47 Å². The van der Waals surface area contributed by atoms with Gasteiger partial charge >= 0.3 is 6.18 Å². The predicted molar refractivity (Wildman–Crippen MR) is 73.2 cm³/mol. The lowest BCUT2D eigenvalue weighted by atomic mass is 10.0. The van der Waals surface area contributed by atoms with E-state index in [2.05, 4.69) is 0 Å². The van der Waals surface area contributed by atoms with E-state index >= 15 is 0 Å². The van der Waals surface area contributed by atoms with E-state index in [1.165, 1.54) is 6.07 Å². The Labute approximate surface area is 125 Å². The topological polar surface area (TPSA) is 21.7 Å². The van der Waals surface area contributed by atoms with Crippen molar-refractivity contribution in [3.05, 3.63) is 21.4 Å². The fraction of sp³-hybridized carbons (Fsp3) is 0.714. The molecule has 0 radical (unpaired) electrons. The van der Waals surface area contributed by atoms with Crippen LogP contribution < -0.4 is 0 Å². The predicted octanol–water partition coefficient (Wildman–Crippen LogP) is 3.41. The molecule has 118 valence electrons. The summed E-state index contributed by atoms with van der Waals surface area (Å²) in [6.45, 7) is 2.85. The van der Waals surface area contributed by atoms with Gasteiger partial charge in [0, 0.05) is 11.4 Å². The summed E-state index contributed by atoms with van der Waals surface area (Å²) < 4.78 is 49.6. The SMILES string of the molecule is Cc1cc(C(F)(F)F)sc1CN(C)[C@@H]1CC[C@H]2CO[C@@H]1O2. The number of fused-ring (bicyclic) bond motifs is 2. The highest BCUT2D eigenvalue weighted by Gasteiger charge is 2.40. The van der Waals surface area contributed by atoms with Crippen LogP contribution in [0.2, 0.25) is 0 Å². The summed E-state index contributed by atoms with van der Waals surface area (Å²) in [5.41, 5.74) is 0.695. The van der Waals surface area contributed by atoms with Crippen molar-refractivity contribution < 1.29 is 22.6 Å². The van der Waals surface area contributed by atoms with Gasteiger partial charge in [-0.25, -0.2) is 0 Å². The lowest BCUT2D eigenvalue weighted by Gasteiger charge is -2.34. The van der Waals surface area contributed by atoms with E-state index < -0.39 is 11.1 Å². The molecule has 0 N–H and O–H groups in total. The van der Waals surface area contributed by atoms with Crippen LogP contribution in [0.1, 0.15) is 28.2 Å². The molecular formula is C14H18F3NO2S. The second-order valence-corrected chi connectivity index (χ2v) is 6.87. The number of rotatable bonds is 3. The Kier molecular flexibility index (Phi) is 4.02. The van der Waals surface area contributed by atoms with Gasteiger partial charge in [-0.2, -0.15) is 13.2 Å². The molecule has 0 spiro atoms. The van der Waals surface area contributed by atoms with E-state index in [-0.39, 0.29) is 18.4 Å². The lowest BCUT2D eigenvalue weighted by Crippen LogP contribution is -2.44. The van der Waals surface area contributed by atoms with Crippen LogP contribution in [0, 0.1) is 6.92 Å².